The maximum atomic E-state index is 12.1. The Morgan fingerprint density at radius 2 is 1.89 bits per heavy atom. The van der Waals surface area contributed by atoms with Gasteiger partial charge in [0.2, 0.25) is 0 Å². The van der Waals surface area contributed by atoms with Crippen molar-refractivity contribution in [2.24, 2.45) is 0 Å². The zero-order valence-electron chi connectivity index (χ0n) is 15.6. The van der Waals surface area contributed by atoms with Crippen LogP contribution in [0.2, 0.25) is 0 Å². The van der Waals surface area contributed by atoms with Crippen LogP contribution in [-0.4, -0.2) is 5.11 Å². The number of phenols is 1. The van der Waals surface area contributed by atoms with E-state index in [4.69, 9.17) is 4.42 Å². The standard InChI is InChI=1S/C23H21NO3S/c1-2-15-11-18-17(12-22(26)27-20(18)13-19(15)25)14-24-23(21-9-6-10-28-21)16-7-4-3-5-8-16/h3-13,23-25H,2,14H2,1H3/p+1/t23-/m1/s1. The normalized spacial score (nSPS) is 12.3. The Morgan fingerprint density at radius 1 is 1.07 bits per heavy atom. The molecule has 2 heterocycles. The minimum atomic E-state index is -0.396. The van der Waals surface area contributed by atoms with Crippen LogP contribution in [0.4, 0.5) is 0 Å². The molecule has 2 aromatic carbocycles. The molecule has 0 saturated carbocycles. The molecule has 4 aromatic rings. The molecular weight excluding hydrogens is 370 g/mol. The first-order chi connectivity index (χ1) is 13.7. The van der Waals surface area contributed by atoms with Crippen LogP contribution in [0.5, 0.6) is 5.75 Å². The number of fused-ring (bicyclic) bond motifs is 1. The first-order valence-corrected chi connectivity index (χ1v) is 10.2. The highest BCUT2D eigenvalue weighted by molar-refractivity contribution is 7.10. The van der Waals surface area contributed by atoms with E-state index < -0.39 is 5.63 Å². The minimum Gasteiger partial charge on any atom is -0.508 e. The molecular formula is C23H22NO3S+. The summed E-state index contributed by atoms with van der Waals surface area (Å²) in [5.41, 5.74) is 3.02. The molecule has 0 aliphatic heterocycles. The number of thiophene rings is 1. The number of aromatic hydroxyl groups is 1. The summed E-state index contributed by atoms with van der Waals surface area (Å²) < 4.78 is 5.32. The number of benzene rings is 2. The lowest BCUT2D eigenvalue weighted by molar-refractivity contribution is -0.701. The molecule has 0 radical (unpaired) electrons. The van der Waals surface area contributed by atoms with Crippen molar-refractivity contribution in [3.8, 4) is 5.75 Å². The summed E-state index contributed by atoms with van der Waals surface area (Å²) in [6.07, 6.45) is 0.714. The zero-order chi connectivity index (χ0) is 19.5. The van der Waals surface area contributed by atoms with Crippen LogP contribution in [0.15, 0.2) is 75.3 Å². The molecule has 0 fully saturated rings. The quantitative estimate of drug-likeness (QED) is 0.488. The lowest BCUT2D eigenvalue weighted by Crippen LogP contribution is -2.83. The Balaban J connectivity index is 1.71. The van der Waals surface area contributed by atoms with Crippen LogP contribution >= 0.6 is 11.3 Å². The van der Waals surface area contributed by atoms with Gasteiger partial charge in [0.15, 0.2) is 0 Å². The minimum absolute atomic E-state index is 0.159. The van der Waals surface area contributed by atoms with E-state index in [1.807, 2.05) is 31.2 Å². The molecule has 0 aliphatic carbocycles. The molecule has 1 atom stereocenters. The molecule has 0 amide bonds. The van der Waals surface area contributed by atoms with E-state index in [0.717, 1.165) is 16.5 Å². The highest BCUT2D eigenvalue weighted by Gasteiger charge is 2.19. The average Bonchev–Trinajstić information content (AvgIpc) is 3.23. The Hall–Kier alpha value is -2.89. The predicted molar refractivity (Wildman–Crippen MR) is 112 cm³/mol. The topological polar surface area (TPSA) is 67.0 Å². The van der Waals surface area contributed by atoms with Gasteiger partial charge in [-0.05, 0) is 29.5 Å². The molecule has 0 aliphatic rings. The van der Waals surface area contributed by atoms with Crippen LogP contribution in [0.25, 0.3) is 11.0 Å². The Morgan fingerprint density at radius 3 is 2.61 bits per heavy atom. The summed E-state index contributed by atoms with van der Waals surface area (Å²) in [5.74, 6) is 0.167. The van der Waals surface area contributed by atoms with Crippen LogP contribution in [0, 0.1) is 0 Å². The first kappa shape index (κ1) is 18.5. The summed E-state index contributed by atoms with van der Waals surface area (Å²) in [4.78, 5) is 13.3. The third-order valence-electron chi connectivity index (χ3n) is 4.99. The largest absolute Gasteiger partial charge is 0.508 e. The smallest absolute Gasteiger partial charge is 0.336 e. The van der Waals surface area contributed by atoms with Gasteiger partial charge < -0.3 is 14.8 Å². The second kappa shape index (κ2) is 8.00. The predicted octanol–water partition coefficient (Wildman–Crippen LogP) is 3.98. The number of aryl methyl sites for hydroxylation is 1. The summed E-state index contributed by atoms with van der Waals surface area (Å²) in [6.45, 7) is 2.63. The maximum absolute atomic E-state index is 12.1. The van der Waals surface area contributed by atoms with Gasteiger partial charge in [0, 0.05) is 28.6 Å². The van der Waals surface area contributed by atoms with Crippen molar-refractivity contribution in [1.29, 1.82) is 0 Å². The van der Waals surface area contributed by atoms with Crippen molar-refractivity contribution in [2.75, 3.05) is 0 Å². The highest BCUT2D eigenvalue weighted by atomic mass is 32.1. The van der Waals surface area contributed by atoms with Gasteiger partial charge in [0.25, 0.3) is 0 Å². The molecule has 28 heavy (non-hydrogen) atoms. The van der Waals surface area contributed by atoms with Crippen LogP contribution in [0.1, 0.15) is 34.5 Å². The van der Waals surface area contributed by atoms with Gasteiger partial charge in [-0.3, -0.25) is 0 Å². The SMILES string of the molecule is CCc1cc2c(C[NH2+][C@H](c3ccccc3)c3cccs3)cc(=O)oc2cc1O. The molecule has 3 N–H and O–H groups in total. The van der Waals surface area contributed by atoms with Crippen LogP contribution in [0.3, 0.4) is 0 Å². The second-order valence-electron chi connectivity index (χ2n) is 6.76. The van der Waals surface area contributed by atoms with Crippen molar-refractivity contribution in [3.05, 3.63) is 98.0 Å². The molecule has 4 nitrogen and oxygen atoms in total. The fourth-order valence-electron chi connectivity index (χ4n) is 3.55. The van der Waals surface area contributed by atoms with Gasteiger partial charge in [0.1, 0.15) is 23.9 Å². The van der Waals surface area contributed by atoms with Crippen molar-refractivity contribution < 1.29 is 14.8 Å². The number of rotatable bonds is 6. The van der Waals surface area contributed by atoms with E-state index in [1.165, 1.54) is 10.4 Å². The Kier molecular flexibility index (Phi) is 5.28. The first-order valence-electron chi connectivity index (χ1n) is 9.36. The van der Waals surface area contributed by atoms with Crippen LogP contribution in [-0.2, 0) is 13.0 Å². The molecule has 142 valence electrons. The second-order valence-corrected chi connectivity index (χ2v) is 7.74. The van der Waals surface area contributed by atoms with E-state index in [2.05, 4.69) is 35.0 Å². The third kappa shape index (κ3) is 3.72. The van der Waals surface area contributed by atoms with Gasteiger partial charge in [-0.2, -0.15) is 0 Å². The van der Waals surface area contributed by atoms with E-state index in [-0.39, 0.29) is 11.8 Å². The number of phenolic OH excluding ortho intramolecular Hbond substituents is 1. The van der Waals surface area contributed by atoms with E-state index in [0.29, 0.717) is 18.5 Å². The maximum Gasteiger partial charge on any atom is 0.336 e. The van der Waals surface area contributed by atoms with E-state index >= 15 is 0 Å². The Labute approximate surface area is 167 Å². The van der Waals surface area contributed by atoms with Gasteiger partial charge >= 0.3 is 5.63 Å². The summed E-state index contributed by atoms with van der Waals surface area (Å²) in [6, 6.07) is 19.8. The fourth-order valence-corrected chi connectivity index (χ4v) is 4.40. The monoisotopic (exact) mass is 392 g/mol. The molecule has 0 saturated heterocycles. The number of quaternary nitrogens is 1. The fraction of sp³-hybridized carbons (Fsp3) is 0.174. The molecule has 5 heteroatoms. The molecule has 0 unspecified atom stereocenters. The highest BCUT2D eigenvalue weighted by Crippen LogP contribution is 2.27. The van der Waals surface area contributed by atoms with Gasteiger partial charge in [-0.1, -0.05) is 43.3 Å². The Bertz CT molecular complexity index is 1130. The van der Waals surface area contributed by atoms with Crippen molar-refractivity contribution >= 4 is 22.3 Å². The van der Waals surface area contributed by atoms with Gasteiger partial charge in [-0.15, -0.1) is 11.3 Å². The third-order valence-corrected chi connectivity index (χ3v) is 5.95. The van der Waals surface area contributed by atoms with Crippen molar-refractivity contribution in [2.45, 2.75) is 25.9 Å². The molecule has 0 spiro atoms. The average molecular weight is 393 g/mol. The van der Waals surface area contributed by atoms with Crippen LogP contribution < -0.4 is 10.9 Å². The van der Waals surface area contributed by atoms with Gasteiger partial charge in [-0.25, -0.2) is 4.79 Å². The zero-order valence-corrected chi connectivity index (χ0v) is 16.4. The summed E-state index contributed by atoms with van der Waals surface area (Å²) in [7, 11) is 0. The number of nitrogens with two attached hydrogens (primary N) is 1. The van der Waals surface area contributed by atoms with Crippen molar-refractivity contribution in [3.63, 3.8) is 0 Å². The molecule has 2 aromatic heterocycles. The summed E-state index contributed by atoms with van der Waals surface area (Å²) >= 11 is 1.73. The van der Waals surface area contributed by atoms with Crippen molar-refractivity contribution in [1.82, 2.24) is 0 Å². The number of hydrogen-bond donors (Lipinski definition) is 2. The summed E-state index contributed by atoms with van der Waals surface area (Å²) in [5, 5.41) is 15.3. The molecule has 0 bridgehead atoms. The molecule has 4 rings (SSSR count). The lowest BCUT2D eigenvalue weighted by Gasteiger charge is -2.15. The van der Waals surface area contributed by atoms with Gasteiger partial charge in [0.05, 0.1) is 4.88 Å². The van der Waals surface area contributed by atoms with E-state index in [1.54, 1.807) is 23.5 Å². The number of hydrogen-bond acceptors (Lipinski definition) is 4. The van der Waals surface area contributed by atoms with E-state index in [9.17, 15) is 9.90 Å². The lowest BCUT2D eigenvalue weighted by atomic mass is 10.0.